The lowest BCUT2D eigenvalue weighted by Gasteiger charge is -2.23. The van der Waals surface area contributed by atoms with Crippen LogP contribution in [-0.4, -0.2) is 48.3 Å². The van der Waals surface area contributed by atoms with E-state index in [1.165, 1.54) is 6.07 Å². The Morgan fingerprint density at radius 1 is 1.28 bits per heavy atom. The number of aliphatic imine (C=N–C) groups is 1. The standard InChI is InChI=1S/C18H18ClFN4O/c1-24(2)18(23-25)16-10-21-17(12-5-3-4-6-14(12)20)13-9-11(19)7-8-15(13)22-16/h3-9,16,22,25H,10H2,1-2H3/b23-18+. The summed E-state index contributed by atoms with van der Waals surface area (Å²) >= 11 is 6.15. The number of rotatable bonds is 2. The van der Waals surface area contributed by atoms with Crippen molar-refractivity contribution in [2.45, 2.75) is 6.04 Å². The summed E-state index contributed by atoms with van der Waals surface area (Å²) in [4.78, 5) is 6.31. The zero-order valence-corrected chi connectivity index (χ0v) is 14.6. The van der Waals surface area contributed by atoms with Gasteiger partial charge in [-0.1, -0.05) is 28.9 Å². The van der Waals surface area contributed by atoms with Gasteiger partial charge >= 0.3 is 0 Å². The maximum Gasteiger partial charge on any atom is 0.168 e. The number of halogens is 2. The lowest BCUT2D eigenvalue weighted by molar-refractivity contribution is 0.306. The van der Waals surface area contributed by atoms with Crippen LogP contribution in [-0.2, 0) is 0 Å². The van der Waals surface area contributed by atoms with E-state index in [1.54, 1.807) is 49.3 Å². The first-order valence-corrected chi connectivity index (χ1v) is 8.14. The third-order valence-corrected chi connectivity index (χ3v) is 4.23. The molecule has 0 aliphatic carbocycles. The summed E-state index contributed by atoms with van der Waals surface area (Å²) in [5.41, 5.74) is 2.37. The van der Waals surface area contributed by atoms with E-state index in [1.807, 2.05) is 6.07 Å². The number of oxime groups is 1. The van der Waals surface area contributed by atoms with Crippen LogP contribution < -0.4 is 5.32 Å². The Morgan fingerprint density at radius 2 is 2.04 bits per heavy atom. The van der Waals surface area contributed by atoms with Gasteiger partial charge in [-0.25, -0.2) is 4.39 Å². The normalized spacial score (nSPS) is 17.2. The number of amidine groups is 1. The van der Waals surface area contributed by atoms with Crippen LogP contribution in [0.2, 0.25) is 5.02 Å². The zero-order chi connectivity index (χ0) is 18.0. The summed E-state index contributed by atoms with van der Waals surface area (Å²) in [5.74, 6) is 0.0775. The van der Waals surface area contributed by atoms with Gasteiger partial charge in [0.15, 0.2) is 5.84 Å². The second-order valence-corrected chi connectivity index (χ2v) is 6.35. The Labute approximate surface area is 150 Å². The van der Waals surface area contributed by atoms with Crippen LogP contribution in [0.15, 0.2) is 52.6 Å². The van der Waals surface area contributed by atoms with E-state index in [-0.39, 0.29) is 18.4 Å². The number of hydrogen-bond donors (Lipinski definition) is 2. The van der Waals surface area contributed by atoms with Gasteiger partial charge in [0.1, 0.15) is 11.9 Å². The lowest BCUT2D eigenvalue weighted by Crippen LogP contribution is -2.40. The van der Waals surface area contributed by atoms with Gasteiger partial charge in [-0.05, 0) is 30.3 Å². The van der Waals surface area contributed by atoms with E-state index in [0.717, 1.165) is 5.69 Å². The van der Waals surface area contributed by atoms with Crippen LogP contribution in [0, 0.1) is 5.82 Å². The lowest BCUT2D eigenvalue weighted by atomic mass is 10.00. The molecule has 130 valence electrons. The van der Waals surface area contributed by atoms with Crippen molar-refractivity contribution in [2.24, 2.45) is 10.1 Å². The number of anilines is 1. The summed E-state index contributed by atoms with van der Waals surface area (Å²) in [5, 5.41) is 16.5. The van der Waals surface area contributed by atoms with Gasteiger partial charge in [-0.15, -0.1) is 0 Å². The first-order chi connectivity index (χ1) is 12.0. The smallest absolute Gasteiger partial charge is 0.168 e. The first kappa shape index (κ1) is 17.2. The Hall–Kier alpha value is -2.60. The molecule has 1 aliphatic rings. The molecule has 0 amide bonds. The minimum absolute atomic E-state index is 0.285. The molecule has 5 nitrogen and oxygen atoms in total. The van der Waals surface area contributed by atoms with Crippen molar-refractivity contribution in [3.63, 3.8) is 0 Å². The molecule has 0 radical (unpaired) electrons. The van der Waals surface area contributed by atoms with Gasteiger partial charge in [-0.3, -0.25) is 4.99 Å². The van der Waals surface area contributed by atoms with E-state index in [2.05, 4.69) is 15.5 Å². The molecule has 1 atom stereocenters. The quantitative estimate of drug-likeness (QED) is 0.373. The van der Waals surface area contributed by atoms with E-state index in [9.17, 15) is 9.60 Å². The molecule has 0 aromatic heterocycles. The molecular weight excluding hydrogens is 343 g/mol. The number of hydrogen-bond acceptors (Lipinski definition) is 4. The van der Waals surface area contributed by atoms with Crippen LogP contribution >= 0.6 is 11.6 Å². The maximum absolute atomic E-state index is 14.3. The molecule has 7 heteroatoms. The molecule has 0 spiro atoms. The Morgan fingerprint density at radius 3 is 2.72 bits per heavy atom. The van der Waals surface area contributed by atoms with E-state index in [0.29, 0.717) is 27.7 Å². The van der Waals surface area contributed by atoms with Gasteiger partial charge < -0.3 is 15.4 Å². The van der Waals surface area contributed by atoms with Crippen molar-refractivity contribution in [1.29, 1.82) is 0 Å². The molecule has 0 saturated carbocycles. The van der Waals surface area contributed by atoms with Crippen LogP contribution in [0.1, 0.15) is 11.1 Å². The highest BCUT2D eigenvalue weighted by atomic mass is 35.5. The summed E-state index contributed by atoms with van der Waals surface area (Å²) in [6, 6.07) is 11.5. The number of likely N-dealkylation sites (N-methyl/N-ethyl adjacent to an activating group) is 1. The van der Waals surface area contributed by atoms with Crippen molar-refractivity contribution in [2.75, 3.05) is 26.0 Å². The molecule has 1 aliphatic heterocycles. The largest absolute Gasteiger partial charge is 0.409 e. The van der Waals surface area contributed by atoms with Gasteiger partial charge in [0.25, 0.3) is 0 Å². The number of nitrogens with zero attached hydrogens (tertiary/aromatic N) is 3. The summed E-state index contributed by atoms with van der Waals surface area (Å²) < 4.78 is 14.3. The Bertz CT molecular complexity index is 851. The molecule has 1 unspecified atom stereocenters. The molecule has 2 N–H and O–H groups in total. The number of fused-ring (bicyclic) bond motifs is 1. The highest BCUT2D eigenvalue weighted by Gasteiger charge is 2.25. The fourth-order valence-corrected chi connectivity index (χ4v) is 3.01. The molecule has 25 heavy (non-hydrogen) atoms. The Balaban J connectivity index is 2.14. The fraction of sp³-hybridized carbons (Fsp3) is 0.222. The molecule has 0 fully saturated rings. The van der Waals surface area contributed by atoms with Crippen molar-refractivity contribution < 1.29 is 9.60 Å². The molecule has 2 aromatic carbocycles. The first-order valence-electron chi connectivity index (χ1n) is 7.76. The van der Waals surface area contributed by atoms with Crippen LogP contribution in [0.25, 0.3) is 0 Å². The van der Waals surface area contributed by atoms with Crippen molar-refractivity contribution in [3.05, 3.63) is 64.4 Å². The van der Waals surface area contributed by atoms with E-state index < -0.39 is 0 Å². The second-order valence-electron chi connectivity index (χ2n) is 5.91. The number of benzene rings is 2. The van der Waals surface area contributed by atoms with Gasteiger partial charge in [0.2, 0.25) is 0 Å². The molecule has 0 saturated heterocycles. The number of nitrogens with one attached hydrogen (secondary N) is 1. The van der Waals surface area contributed by atoms with Crippen molar-refractivity contribution in [1.82, 2.24) is 4.90 Å². The monoisotopic (exact) mass is 360 g/mol. The third-order valence-electron chi connectivity index (χ3n) is 4.00. The van der Waals surface area contributed by atoms with Crippen LogP contribution in [0.3, 0.4) is 0 Å². The van der Waals surface area contributed by atoms with Crippen molar-refractivity contribution in [3.8, 4) is 0 Å². The SMILES string of the molecule is CN(C)/C(=N/O)C1CN=C(c2ccccc2F)c2cc(Cl)ccc2N1. The molecular formula is C18H18ClFN4O. The average molecular weight is 361 g/mol. The topological polar surface area (TPSA) is 60.2 Å². The van der Waals surface area contributed by atoms with Gasteiger partial charge in [0, 0.05) is 35.9 Å². The maximum atomic E-state index is 14.3. The molecule has 3 rings (SSSR count). The Kier molecular flexibility index (Phi) is 4.90. The minimum Gasteiger partial charge on any atom is -0.409 e. The minimum atomic E-state index is -0.357. The zero-order valence-electron chi connectivity index (χ0n) is 13.9. The van der Waals surface area contributed by atoms with E-state index in [4.69, 9.17) is 11.6 Å². The molecule has 1 heterocycles. The highest BCUT2D eigenvalue weighted by molar-refractivity contribution is 6.31. The average Bonchev–Trinajstić information content (AvgIpc) is 2.75. The number of benzodiazepines with no additional fused rings is 1. The predicted molar refractivity (Wildman–Crippen MR) is 98.7 cm³/mol. The second kappa shape index (κ2) is 7.11. The highest BCUT2D eigenvalue weighted by Crippen LogP contribution is 2.28. The fourth-order valence-electron chi connectivity index (χ4n) is 2.84. The van der Waals surface area contributed by atoms with Gasteiger partial charge in [0.05, 0.1) is 12.3 Å². The van der Waals surface area contributed by atoms with E-state index >= 15 is 0 Å². The summed E-state index contributed by atoms with van der Waals surface area (Å²) in [7, 11) is 3.57. The summed E-state index contributed by atoms with van der Waals surface area (Å²) in [6.45, 7) is 0.285. The summed E-state index contributed by atoms with van der Waals surface area (Å²) in [6.07, 6.45) is 0. The van der Waals surface area contributed by atoms with Crippen LogP contribution in [0.5, 0.6) is 0 Å². The third kappa shape index (κ3) is 3.44. The molecule has 2 aromatic rings. The molecule has 0 bridgehead atoms. The predicted octanol–water partition coefficient (Wildman–Crippen LogP) is 3.46. The van der Waals surface area contributed by atoms with Crippen molar-refractivity contribution >= 4 is 28.8 Å². The van der Waals surface area contributed by atoms with Crippen LogP contribution in [0.4, 0.5) is 10.1 Å². The van der Waals surface area contributed by atoms with Gasteiger partial charge in [-0.2, -0.15) is 0 Å².